The summed E-state index contributed by atoms with van der Waals surface area (Å²) in [6, 6.07) is 4.01. The Hall–Kier alpha value is -0.920. The maximum Gasteiger partial charge on any atom is 0.196 e. The Morgan fingerprint density at radius 2 is 1.71 bits per heavy atom. The summed E-state index contributed by atoms with van der Waals surface area (Å²) in [5.74, 6) is 0.998. The molecule has 2 rings (SSSR count). The minimum Gasteiger partial charge on any atom is -0.449 e. The molecular weight excluding hydrogens is 174 g/mol. The number of hydrogen-bond donors (Lipinski definition) is 0. The highest BCUT2D eigenvalue weighted by molar-refractivity contribution is 5.44. The van der Waals surface area contributed by atoms with Crippen molar-refractivity contribution in [2.75, 3.05) is 4.90 Å². The molecule has 2 heteroatoms. The Balaban J connectivity index is 2.40. The molecule has 0 unspecified atom stereocenters. The first kappa shape index (κ1) is 9.63. The quantitative estimate of drug-likeness (QED) is 0.679. The van der Waals surface area contributed by atoms with Crippen LogP contribution in [0.2, 0.25) is 0 Å². The SMILES string of the molecule is CC1(C)CCC(C)(C)N1c1ccco1. The van der Waals surface area contributed by atoms with Gasteiger partial charge in [0.25, 0.3) is 0 Å². The van der Waals surface area contributed by atoms with E-state index in [9.17, 15) is 0 Å². The lowest BCUT2D eigenvalue weighted by atomic mass is 10.0. The first-order valence-electron chi connectivity index (χ1n) is 5.27. The second kappa shape index (κ2) is 2.78. The fourth-order valence-corrected chi connectivity index (χ4v) is 2.65. The van der Waals surface area contributed by atoms with Crippen molar-refractivity contribution < 1.29 is 4.42 Å². The van der Waals surface area contributed by atoms with Crippen LogP contribution in [0.15, 0.2) is 22.8 Å². The zero-order valence-electron chi connectivity index (χ0n) is 9.50. The Morgan fingerprint density at radius 3 is 2.14 bits per heavy atom. The Labute approximate surface area is 85.9 Å². The van der Waals surface area contributed by atoms with Gasteiger partial charge in [-0.25, -0.2) is 0 Å². The largest absolute Gasteiger partial charge is 0.449 e. The molecule has 2 nitrogen and oxygen atoms in total. The van der Waals surface area contributed by atoms with Crippen LogP contribution >= 0.6 is 0 Å². The van der Waals surface area contributed by atoms with E-state index in [0.717, 1.165) is 5.88 Å². The summed E-state index contributed by atoms with van der Waals surface area (Å²) in [6.07, 6.45) is 4.20. The first-order chi connectivity index (χ1) is 6.43. The average molecular weight is 193 g/mol. The third-order valence-electron chi connectivity index (χ3n) is 3.29. The zero-order chi connectivity index (χ0) is 10.4. The van der Waals surface area contributed by atoms with Crippen LogP contribution in [0.3, 0.4) is 0 Å². The maximum absolute atomic E-state index is 5.51. The topological polar surface area (TPSA) is 16.4 Å². The number of rotatable bonds is 1. The fourth-order valence-electron chi connectivity index (χ4n) is 2.65. The van der Waals surface area contributed by atoms with Gasteiger partial charge in [-0.2, -0.15) is 0 Å². The van der Waals surface area contributed by atoms with Gasteiger partial charge >= 0.3 is 0 Å². The summed E-state index contributed by atoms with van der Waals surface area (Å²) >= 11 is 0. The standard InChI is InChI=1S/C12H19NO/c1-11(2)7-8-12(3,4)13(11)10-6-5-9-14-10/h5-6,9H,7-8H2,1-4H3. The van der Waals surface area contributed by atoms with Crippen molar-refractivity contribution in [3.8, 4) is 0 Å². The molecule has 0 bridgehead atoms. The Kier molecular flexibility index (Phi) is 1.91. The van der Waals surface area contributed by atoms with E-state index in [4.69, 9.17) is 4.42 Å². The van der Waals surface area contributed by atoms with E-state index in [1.807, 2.05) is 6.07 Å². The number of anilines is 1. The van der Waals surface area contributed by atoms with Crippen molar-refractivity contribution in [3.63, 3.8) is 0 Å². The third-order valence-corrected chi connectivity index (χ3v) is 3.29. The van der Waals surface area contributed by atoms with Gasteiger partial charge in [0, 0.05) is 17.1 Å². The molecule has 78 valence electrons. The summed E-state index contributed by atoms with van der Waals surface area (Å²) < 4.78 is 5.51. The molecule has 1 saturated heterocycles. The van der Waals surface area contributed by atoms with E-state index in [-0.39, 0.29) is 11.1 Å². The normalized spacial score (nSPS) is 24.1. The summed E-state index contributed by atoms with van der Waals surface area (Å²) in [7, 11) is 0. The van der Waals surface area contributed by atoms with Crippen molar-refractivity contribution in [2.45, 2.75) is 51.6 Å². The van der Waals surface area contributed by atoms with Crippen molar-refractivity contribution in [1.29, 1.82) is 0 Å². The van der Waals surface area contributed by atoms with Crippen LogP contribution in [0, 0.1) is 0 Å². The second-order valence-corrected chi connectivity index (χ2v) is 5.41. The van der Waals surface area contributed by atoms with E-state index in [1.54, 1.807) is 6.26 Å². The highest BCUT2D eigenvalue weighted by Crippen LogP contribution is 2.43. The summed E-state index contributed by atoms with van der Waals surface area (Å²) in [4.78, 5) is 2.40. The lowest BCUT2D eigenvalue weighted by molar-refractivity contribution is 0.405. The van der Waals surface area contributed by atoms with E-state index in [1.165, 1.54) is 12.8 Å². The molecule has 1 aliphatic rings. The van der Waals surface area contributed by atoms with Gasteiger partial charge in [-0.3, -0.25) is 0 Å². The second-order valence-electron chi connectivity index (χ2n) is 5.41. The van der Waals surface area contributed by atoms with E-state index in [2.05, 4.69) is 38.7 Å². The van der Waals surface area contributed by atoms with Crippen molar-refractivity contribution in [2.24, 2.45) is 0 Å². The molecule has 0 amide bonds. The van der Waals surface area contributed by atoms with Gasteiger partial charge in [-0.05, 0) is 46.6 Å². The molecule has 2 heterocycles. The molecule has 1 aliphatic heterocycles. The van der Waals surface area contributed by atoms with E-state index >= 15 is 0 Å². The molecular formula is C12H19NO. The van der Waals surface area contributed by atoms with E-state index in [0.29, 0.717) is 0 Å². The monoisotopic (exact) mass is 193 g/mol. The zero-order valence-corrected chi connectivity index (χ0v) is 9.50. The van der Waals surface area contributed by atoms with Gasteiger partial charge in [0.2, 0.25) is 0 Å². The number of furan rings is 1. The van der Waals surface area contributed by atoms with Crippen LogP contribution in [-0.4, -0.2) is 11.1 Å². The highest BCUT2D eigenvalue weighted by atomic mass is 16.3. The van der Waals surface area contributed by atoms with Crippen LogP contribution < -0.4 is 4.90 Å². The molecule has 1 aromatic heterocycles. The molecule has 0 spiro atoms. The predicted octanol–water partition coefficient (Wildman–Crippen LogP) is 3.44. The van der Waals surface area contributed by atoms with Crippen molar-refractivity contribution in [3.05, 3.63) is 18.4 Å². The summed E-state index contributed by atoms with van der Waals surface area (Å²) in [6.45, 7) is 9.13. The molecule has 0 radical (unpaired) electrons. The molecule has 0 atom stereocenters. The van der Waals surface area contributed by atoms with Gasteiger partial charge in [0.15, 0.2) is 5.88 Å². The van der Waals surface area contributed by atoms with E-state index < -0.39 is 0 Å². The maximum atomic E-state index is 5.51. The van der Waals surface area contributed by atoms with Crippen LogP contribution in [0.5, 0.6) is 0 Å². The first-order valence-corrected chi connectivity index (χ1v) is 5.27. The highest BCUT2D eigenvalue weighted by Gasteiger charge is 2.45. The summed E-state index contributed by atoms with van der Waals surface area (Å²) in [5, 5.41) is 0. The van der Waals surface area contributed by atoms with Crippen LogP contribution in [-0.2, 0) is 0 Å². The number of hydrogen-bond acceptors (Lipinski definition) is 2. The minimum absolute atomic E-state index is 0.210. The average Bonchev–Trinajstić information content (AvgIpc) is 2.58. The smallest absolute Gasteiger partial charge is 0.196 e. The van der Waals surface area contributed by atoms with Crippen LogP contribution in [0.4, 0.5) is 5.88 Å². The molecule has 0 aliphatic carbocycles. The van der Waals surface area contributed by atoms with Gasteiger partial charge in [0.1, 0.15) is 0 Å². The van der Waals surface area contributed by atoms with Gasteiger partial charge in [-0.1, -0.05) is 0 Å². The third kappa shape index (κ3) is 1.33. The summed E-state index contributed by atoms with van der Waals surface area (Å²) in [5.41, 5.74) is 0.419. The van der Waals surface area contributed by atoms with Gasteiger partial charge in [-0.15, -0.1) is 0 Å². The molecule has 0 aromatic carbocycles. The molecule has 0 saturated carbocycles. The Bertz CT molecular complexity index is 295. The van der Waals surface area contributed by atoms with Crippen molar-refractivity contribution >= 4 is 5.88 Å². The molecule has 0 N–H and O–H groups in total. The predicted molar refractivity (Wildman–Crippen MR) is 58.6 cm³/mol. The lowest BCUT2D eigenvalue weighted by Gasteiger charge is -2.40. The van der Waals surface area contributed by atoms with Crippen LogP contribution in [0.25, 0.3) is 0 Å². The van der Waals surface area contributed by atoms with Crippen molar-refractivity contribution in [1.82, 2.24) is 0 Å². The van der Waals surface area contributed by atoms with Crippen LogP contribution in [0.1, 0.15) is 40.5 Å². The number of nitrogens with zero attached hydrogens (tertiary/aromatic N) is 1. The lowest BCUT2D eigenvalue weighted by Crippen LogP contribution is -2.48. The minimum atomic E-state index is 0.210. The van der Waals surface area contributed by atoms with Gasteiger partial charge in [0.05, 0.1) is 6.26 Å². The molecule has 14 heavy (non-hydrogen) atoms. The molecule has 1 fully saturated rings. The fraction of sp³-hybridized carbons (Fsp3) is 0.667. The molecule has 1 aromatic rings. The van der Waals surface area contributed by atoms with Gasteiger partial charge < -0.3 is 9.32 Å². The Morgan fingerprint density at radius 1 is 1.14 bits per heavy atom.